The first kappa shape index (κ1) is 26.2. The van der Waals surface area contributed by atoms with Gasteiger partial charge in [-0.15, -0.1) is 0 Å². The Morgan fingerprint density at radius 1 is 0.865 bits per heavy atom. The standard InChI is InChI=1S/C28H32O9/c1-6-25(29)34-13-18-8-16-9-21-22(37-15-36-21)12-19(16)27(20(18)14-35-26(30)7-2)17-10-23(31-3)28(33-5)24(11-17)32-4/h8-12,20,27H,6-7,13-15H2,1-5H3/t20-,27+/m0/s1. The number of ether oxygens (including phenoxy) is 7. The Labute approximate surface area is 216 Å². The molecule has 2 aliphatic rings. The van der Waals surface area contributed by atoms with Gasteiger partial charge in [0.25, 0.3) is 0 Å². The lowest BCUT2D eigenvalue weighted by atomic mass is 9.71. The molecule has 0 bridgehead atoms. The Kier molecular flexibility index (Phi) is 8.11. The monoisotopic (exact) mass is 512 g/mol. The van der Waals surface area contributed by atoms with Crippen LogP contribution >= 0.6 is 0 Å². The van der Waals surface area contributed by atoms with Gasteiger partial charge in [-0.1, -0.05) is 19.9 Å². The van der Waals surface area contributed by atoms with Crippen molar-refractivity contribution in [3.8, 4) is 28.7 Å². The van der Waals surface area contributed by atoms with Gasteiger partial charge in [0.1, 0.15) is 6.61 Å². The zero-order chi connectivity index (χ0) is 26.5. The maximum atomic E-state index is 12.2. The molecular formula is C28H32O9. The molecule has 0 saturated carbocycles. The molecule has 0 N–H and O–H groups in total. The normalized spacial score (nSPS) is 17.4. The molecule has 0 aromatic heterocycles. The zero-order valence-electron chi connectivity index (χ0n) is 21.8. The van der Waals surface area contributed by atoms with Crippen LogP contribution in [0.3, 0.4) is 0 Å². The maximum Gasteiger partial charge on any atom is 0.305 e. The number of methoxy groups -OCH3 is 3. The Balaban J connectivity index is 1.89. The van der Waals surface area contributed by atoms with E-state index in [9.17, 15) is 9.59 Å². The van der Waals surface area contributed by atoms with E-state index in [0.717, 1.165) is 22.3 Å². The second-order valence-corrected chi connectivity index (χ2v) is 8.65. The minimum absolute atomic E-state index is 0.0653. The van der Waals surface area contributed by atoms with Crippen LogP contribution in [0.2, 0.25) is 0 Å². The molecule has 0 unspecified atom stereocenters. The van der Waals surface area contributed by atoms with Crippen LogP contribution in [0.1, 0.15) is 49.3 Å². The summed E-state index contributed by atoms with van der Waals surface area (Å²) in [5.74, 6) is 1.45. The van der Waals surface area contributed by atoms with Crippen LogP contribution in [0.5, 0.6) is 28.7 Å². The third-order valence-electron chi connectivity index (χ3n) is 6.58. The molecule has 1 heterocycles. The molecular weight excluding hydrogens is 480 g/mol. The zero-order valence-corrected chi connectivity index (χ0v) is 21.8. The van der Waals surface area contributed by atoms with Crippen molar-refractivity contribution in [3.63, 3.8) is 0 Å². The van der Waals surface area contributed by atoms with E-state index in [0.29, 0.717) is 28.7 Å². The molecule has 0 spiro atoms. The van der Waals surface area contributed by atoms with Crippen LogP contribution in [0.4, 0.5) is 0 Å². The van der Waals surface area contributed by atoms with Crippen LogP contribution < -0.4 is 23.7 Å². The van der Waals surface area contributed by atoms with Gasteiger partial charge in [0.2, 0.25) is 12.5 Å². The van der Waals surface area contributed by atoms with Crippen LogP contribution in [-0.4, -0.2) is 53.3 Å². The smallest absolute Gasteiger partial charge is 0.305 e. The Bertz CT molecular complexity index is 1180. The summed E-state index contributed by atoms with van der Waals surface area (Å²) in [5, 5.41) is 0. The van der Waals surface area contributed by atoms with Crippen molar-refractivity contribution >= 4 is 18.0 Å². The van der Waals surface area contributed by atoms with E-state index < -0.39 is 0 Å². The van der Waals surface area contributed by atoms with Gasteiger partial charge >= 0.3 is 11.9 Å². The third-order valence-corrected chi connectivity index (χ3v) is 6.58. The number of carbonyl (C=O) groups excluding carboxylic acids is 2. The van der Waals surface area contributed by atoms with E-state index in [2.05, 4.69) is 0 Å². The highest BCUT2D eigenvalue weighted by atomic mass is 16.7. The summed E-state index contributed by atoms with van der Waals surface area (Å²) in [6.45, 7) is 3.78. The lowest BCUT2D eigenvalue weighted by molar-refractivity contribution is -0.145. The van der Waals surface area contributed by atoms with Gasteiger partial charge in [0.05, 0.1) is 27.9 Å². The highest BCUT2D eigenvalue weighted by Crippen LogP contribution is 2.50. The molecule has 2 atom stereocenters. The Morgan fingerprint density at radius 2 is 1.49 bits per heavy atom. The van der Waals surface area contributed by atoms with E-state index in [1.54, 1.807) is 35.2 Å². The number of hydrogen-bond acceptors (Lipinski definition) is 9. The van der Waals surface area contributed by atoms with Crippen molar-refractivity contribution in [3.05, 3.63) is 46.5 Å². The predicted octanol–water partition coefficient (Wildman–Crippen LogP) is 4.49. The summed E-state index contributed by atoms with van der Waals surface area (Å²) in [5.41, 5.74) is 3.50. The summed E-state index contributed by atoms with van der Waals surface area (Å²) in [4.78, 5) is 24.2. The molecule has 198 valence electrons. The quantitative estimate of drug-likeness (QED) is 0.426. The van der Waals surface area contributed by atoms with Gasteiger partial charge in [-0.2, -0.15) is 0 Å². The molecule has 0 saturated heterocycles. The maximum absolute atomic E-state index is 12.2. The SMILES string of the molecule is CCC(=O)OCC1=Cc2cc3c(cc2[C@@H](c2cc(OC)c(OC)c(OC)c2)[C@H]1COC(=O)CC)OCO3. The first-order valence-corrected chi connectivity index (χ1v) is 12.2. The fraction of sp³-hybridized carbons (Fsp3) is 0.429. The summed E-state index contributed by atoms with van der Waals surface area (Å²) < 4.78 is 39.3. The molecule has 2 aromatic carbocycles. The largest absolute Gasteiger partial charge is 0.493 e. The molecule has 1 aliphatic heterocycles. The van der Waals surface area contributed by atoms with Gasteiger partial charge in [-0.25, -0.2) is 0 Å². The number of rotatable bonds is 10. The number of carbonyl (C=O) groups is 2. The second kappa shape index (κ2) is 11.5. The fourth-order valence-corrected chi connectivity index (χ4v) is 4.70. The van der Waals surface area contributed by atoms with Crippen LogP contribution in [0, 0.1) is 5.92 Å². The molecule has 1 aliphatic carbocycles. The van der Waals surface area contributed by atoms with Crippen LogP contribution in [0.25, 0.3) is 6.08 Å². The van der Waals surface area contributed by atoms with Crippen LogP contribution in [-0.2, 0) is 19.1 Å². The molecule has 0 amide bonds. The lowest BCUT2D eigenvalue weighted by Crippen LogP contribution is -2.29. The van der Waals surface area contributed by atoms with Gasteiger partial charge < -0.3 is 33.2 Å². The van der Waals surface area contributed by atoms with E-state index in [4.69, 9.17) is 33.2 Å². The minimum atomic E-state index is -0.337. The third kappa shape index (κ3) is 5.30. The van der Waals surface area contributed by atoms with Crippen molar-refractivity contribution < 1.29 is 42.7 Å². The Hall–Kier alpha value is -3.88. The lowest BCUT2D eigenvalue weighted by Gasteiger charge is -2.35. The average Bonchev–Trinajstić information content (AvgIpc) is 3.39. The summed E-state index contributed by atoms with van der Waals surface area (Å²) in [6.07, 6.45) is 2.48. The first-order valence-electron chi connectivity index (χ1n) is 12.2. The van der Waals surface area contributed by atoms with Gasteiger partial charge in [0.15, 0.2) is 23.0 Å². The molecule has 0 fully saturated rings. The fourth-order valence-electron chi connectivity index (χ4n) is 4.70. The first-order chi connectivity index (χ1) is 17.9. The van der Waals surface area contributed by atoms with E-state index >= 15 is 0 Å². The number of esters is 2. The van der Waals surface area contributed by atoms with Gasteiger partial charge in [0, 0.05) is 24.7 Å². The van der Waals surface area contributed by atoms with Crippen molar-refractivity contribution in [2.24, 2.45) is 5.92 Å². The van der Waals surface area contributed by atoms with E-state index in [-0.39, 0.29) is 56.6 Å². The minimum Gasteiger partial charge on any atom is -0.493 e. The van der Waals surface area contributed by atoms with E-state index in [1.807, 2.05) is 30.3 Å². The molecule has 0 radical (unpaired) electrons. The molecule has 9 nitrogen and oxygen atoms in total. The highest BCUT2D eigenvalue weighted by molar-refractivity contribution is 5.72. The highest BCUT2D eigenvalue weighted by Gasteiger charge is 2.37. The van der Waals surface area contributed by atoms with Gasteiger partial charge in [-0.05, 0) is 46.5 Å². The van der Waals surface area contributed by atoms with E-state index in [1.165, 1.54) is 0 Å². The summed E-state index contributed by atoms with van der Waals surface area (Å²) in [7, 11) is 4.67. The van der Waals surface area contributed by atoms with Crippen LogP contribution in [0.15, 0.2) is 29.8 Å². The number of benzene rings is 2. The summed E-state index contributed by atoms with van der Waals surface area (Å²) >= 11 is 0. The molecule has 4 rings (SSSR count). The molecule has 2 aromatic rings. The molecule has 37 heavy (non-hydrogen) atoms. The Morgan fingerprint density at radius 3 is 2.08 bits per heavy atom. The molecule has 9 heteroatoms. The predicted molar refractivity (Wildman–Crippen MR) is 134 cm³/mol. The van der Waals surface area contributed by atoms with Gasteiger partial charge in [-0.3, -0.25) is 9.59 Å². The van der Waals surface area contributed by atoms with Crippen molar-refractivity contribution in [2.75, 3.05) is 41.3 Å². The second-order valence-electron chi connectivity index (χ2n) is 8.65. The van der Waals surface area contributed by atoms with Crippen molar-refractivity contribution in [1.82, 2.24) is 0 Å². The van der Waals surface area contributed by atoms with Crippen molar-refractivity contribution in [2.45, 2.75) is 32.6 Å². The number of hydrogen-bond donors (Lipinski definition) is 0. The average molecular weight is 513 g/mol. The topological polar surface area (TPSA) is 98.8 Å². The number of fused-ring (bicyclic) bond motifs is 2. The van der Waals surface area contributed by atoms with Crippen molar-refractivity contribution in [1.29, 1.82) is 0 Å². The summed E-state index contributed by atoms with van der Waals surface area (Å²) in [6, 6.07) is 7.64.